The van der Waals surface area contributed by atoms with E-state index in [9.17, 15) is 9.18 Å². The number of ether oxygens (including phenoxy) is 1. The van der Waals surface area contributed by atoms with Crippen LogP contribution in [0.25, 0.3) is 11.1 Å². The lowest BCUT2D eigenvalue weighted by Crippen LogP contribution is -2.19. The van der Waals surface area contributed by atoms with Gasteiger partial charge in [-0.2, -0.15) is 5.10 Å². The van der Waals surface area contributed by atoms with Crippen molar-refractivity contribution in [2.75, 3.05) is 7.11 Å². The Hall–Kier alpha value is -2.37. The van der Waals surface area contributed by atoms with Crippen LogP contribution in [0.5, 0.6) is 5.75 Å². The van der Waals surface area contributed by atoms with Gasteiger partial charge in [0, 0.05) is 22.2 Å². The minimum atomic E-state index is -0.398. The molecular weight excluding hydrogens is 522 g/mol. The number of Topliss-reactive ketones (excluding diaryl/α,β-unsaturated/α-hetero) is 1. The summed E-state index contributed by atoms with van der Waals surface area (Å²) in [6.45, 7) is 10.2. The van der Waals surface area contributed by atoms with Crippen LogP contribution in [0.15, 0.2) is 36.5 Å². The number of aromatic amines is 1. The zero-order valence-corrected chi connectivity index (χ0v) is 25.0. The highest BCUT2D eigenvalue weighted by atomic mass is 35.5. The van der Waals surface area contributed by atoms with Crippen LogP contribution in [-0.4, -0.2) is 23.1 Å². The highest BCUT2D eigenvalue weighted by molar-refractivity contribution is 6.36. The standard InChI is InChI=1S/C14H11Cl2FO.C11H18N2.C6H12O/c1-8-11(15)5-10(6-12(8)16)9-3-4-13(17)14(7-9)18-2;1-3-8(2)9-4-5-11-10(6-9)7-12-13-11;1-3-4-5-6(2)7/h3-7H,1-2H3;7-9H,3-6H2,1-2H3,(H,12,13);3-5H2,1-2H3. The SMILES string of the molecule is CCC(C)C1CCc2[nH]ncc2C1.CCCCC(C)=O.COc1cc(-c2cc(Cl)c(C)c(Cl)c2)ccc1F. The van der Waals surface area contributed by atoms with E-state index in [1.54, 1.807) is 31.2 Å². The average molecular weight is 564 g/mol. The number of fused-ring (bicyclic) bond motifs is 1. The van der Waals surface area contributed by atoms with E-state index in [0.717, 1.165) is 47.8 Å². The Morgan fingerprint density at radius 2 is 1.87 bits per heavy atom. The minimum absolute atomic E-state index is 0.195. The molecule has 0 radical (unpaired) electrons. The maximum atomic E-state index is 13.3. The lowest BCUT2D eigenvalue weighted by molar-refractivity contribution is -0.117. The second-order valence-corrected chi connectivity index (χ2v) is 10.8. The number of halogens is 3. The van der Waals surface area contributed by atoms with Gasteiger partial charge in [-0.3, -0.25) is 5.10 Å². The zero-order chi connectivity index (χ0) is 28.2. The first-order chi connectivity index (χ1) is 18.1. The predicted molar refractivity (Wildman–Crippen MR) is 157 cm³/mol. The van der Waals surface area contributed by atoms with Gasteiger partial charge in [0.2, 0.25) is 0 Å². The van der Waals surface area contributed by atoms with Crippen LogP contribution >= 0.6 is 23.2 Å². The molecule has 1 N–H and O–H groups in total. The summed E-state index contributed by atoms with van der Waals surface area (Å²) < 4.78 is 18.3. The summed E-state index contributed by atoms with van der Waals surface area (Å²) in [6.07, 6.45) is 10.0. The molecule has 0 saturated carbocycles. The average Bonchev–Trinajstić information content (AvgIpc) is 3.39. The van der Waals surface area contributed by atoms with Gasteiger partial charge in [0.05, 0.1) is 13.3 Å². The molecule has 0 saturated heterocycles. The molecule has 208 valence electrons. The van der Waals surface area contributed by atoms with Crippen LogP contribution in [-0.2, 0) is 17.6 Å². The largest absolute Gasteiger partial charge is 0.494 e. The number of aryl methyl sites for hydroxylation is 1. The van der Waals surface area contributed by atoms with Crippen molar-refractivity contribution < 1.29 is 13.9 Å². The van der Waals surface area contributed by atoms with Crippen molar-refractivity contribution in [2.24, 2.45) is 11.8 Å². The number of aromatic nitrogens is 2. The summed E-state index contributed by atoms with van der Waals surface area (Å²) in [5.41, 5.74) is 5.29. The van der Waals surface area contributed by atoms with Gasteiger partial charge in [-0.1, -0.05) is 62.9 Å². The number of hydrogen-bond donors (Lipinski definition) is 1. The van der Waals surface area contributed by atoms with Gasteiger partial charge >= 0.3 is 0 Å². The fourth-order valence-electron chi connectivity index (χ4n) is 4.34. The Balaban J connectivity index is 0.000000221. The van der Waals surface area contributed by atoms with E-state index in [4.69, 9.17) is 27.9 Å². The molecule has 2 atom stereocenters. The molecular formula is C31H41Cl2FN2O2. The second-order valence-electron chi connectivity index (χ2n) is 9.98. The lowest BCUT2D eigenvalue weighted by atomic mass is 9.79. The van der Waals surface area contributed by atoms with Crippen LogP contribution in [0, 0.1) is 24.6 Å². The molecule has 1 aromatic heterocycles. The normalized spacial score (nSPS) is 14.8. The van der Waals surface area contributed by atoms with Crippen LogP contribution in [0.1, 0.15) is 76.6 Å². The highest BCUT2D eigenvalue weighted by Crippen LogP contribution is 2.33. The zero-order valence-electron chi connectivity index (χ0n) is 23.5. The summed E-state index contributed by atoms with van der Waals surface area (Å²) in [4.78, 5) is 10.2. The molecule has 4 nitrogen and oxygen atoms in total. The van der Waals surface area contributed by atoms with Gasteiger partial charge in [-0.05, 0) is 97.9 Å². The number of carbonyl (C=O) groups is 1. The Bertz CT molecular complexity index is 1160. The fourth-order valence-corrected chi connectivity index (χ4v) is 4.83. The number of nitrogens with zero attached hydrogens (tertiary/aromatic N) is 1. The maximum absolute atomic E-state index is 13.3. The van der Waals surface area contributed by atoms with Crippen molar-refractivity contribution in [3.05, 3.63) is 69.2 Å². The van der Waals surface area contributed by atoms with E-state index in [-0.39, 0.29) is 5.75 Å². The molecule has 1 aliphatic rings. The first kappa shape index (κ1) is 31.8. The minimum Gasteiger partial charge on any atom is -0.494 e. The molecule has 4 rings (SSSR count). The molecule has 3 aromatic rings. The molecule has 0 spiro atoms. The number of benzene rings is 2. The van der Waals surface area contributed by atoms with Crippen molar-refractivity contribution in [1.29, 1.82) is 0 Å². The van der Waals surface area contributed by atoms with Gasteiger partial charge in [-0.25, -0.2) is 4.39 Å². The molecule has 1 aliphatic carbocycles. The van der Waals surface area contributed by atoms with E-state index in [1.165, 1.54) is 50.1 Å². The van der Waals surface area contributed by atoms with Gasteiger partial charge < -0.3 is 9.53 Å². The van der Waals surface area contributed by atoms with Crippen LogP contribution in [0.2, 0.25) is 10.0 Å². The molecule has 0 bridgehead atoms. The Labute approximate surface area is 237 Å². The third kappa shape index (κ3) is 9.43. The van der Waals surface area contributed by atoms with E-state index < -0.39 is 5.82 Å². The van der Waals surface area contributed by atoms with Gasteiger partial charge in [0.15, 0.2) is 11.6 Å². The predicted octanol–water partition coefficient (Wildman–Crippen LogP) is 9.44. The summed E-state index contributed by atoms with van der Waals surface area (Å²) >= 11 is 12.2. The third-order valence-electron chi connectivity index (χ3n) is 7.15. The van der Waals surface area contributed by atoms with Crippen molar-refractivity contribution >= 4 is 29.0 Å². The maximum Gasteiger partial charge on any atom is 0.165 e. The lowest BCUT2D eigenvalue weighted by Gasteiger charge is -2.26. The summed E-state index contributed by atoms with van der Waals surface area (Å²) in [7, 11) is 1.43. The first-order valence-corrected chi connectivity index (χ1v) is 14.2. The molecule has 0 amide bonds. The number of carbonyl (C=O) groups excluding carboxylic acids is 1. The van der Waals surface area contributed by atoms with Crippen molar-refractivity contribution in [1.82, 2.24) is 10.2 Å². The van der Waals surface area contributed by atoms with Crippen molar-refractivity contribution in [3.8, 4) is 16.9 Å². The highest BCUT2D eigenvalue weighted by Gasteiger charge is 2.23. The Morgan fingerprint density at radius 1 is 1.18 bits per heavy atom. The number of methoxy groups -OCH3 is 1. The summed E-state index contributed by atoms with van der Waals surface area (Å²) in [6, 6.07) is 8.24. The van der Waals surface area contributed by atoms with E-state index in [0.29, 0.717) is 15.8 Å². The number of ketones is 1. The topological polar surface area (TPSA) is 55.0 Å². The van der Waals surface area contributed by atoms with Crippen LogP contribution < -0.4 is 4.74 Å². The number of hydrogen-bond acceptors (Lipinski definition) is 3. The van der Waals surface area contributed by atoms with Gasteiger partial charge in [0.1, 0.15) is 5.78 Å². The molecule has 0 fully saturated rings. The van der Waals surface area contributed by atoms with Gasteiger partial charge in [0.25, 0.3) is 0 Å². The number of unbranched alkanes of at least 4 members (excludes halogenated alkanes) is 1. The molecule has 1 heterocycles. The first-order valence-electron chi connectivity index (χ1n) is 13.4. The summed E-state index contributed by atoms with van der Waals surface area (Å²) in [5, 5.41) is 8.35. The third-order valence-corrected chi connectivity index (χ3v) is 7.94. The second kappa shape index (κ2) is 15.9. The molecule has 38 heavy (non-hydrogen) atoms. The summed E-state index contributed by atoms with van der Waals surface area (Å²) in [5.74, 6) is 1.85. The smallest absolute Gasteiger partial charge is 0.165 e. The van der Waals surface area contributed by atoms with E-state index in [2.05, 4.69) is 31.0 Å². The monoisotopic (exact) mass is 562 g/mol. The van der Waals surface area contributed by atoms with Crippen molar-refractivity contribution in [2.45, 2.75) is 79.6 Å². The quantitative estimate of drug-likeness (QED) is 0.312. The van der Waals surface area contributed by atoms with E-state index >= 15 is 0 Å². The number of H-pyrrole nitrogens is 1. The molecule has 2 unspecified atom stereocenters. The van der Waals surface area contributed by atoms with Crippen LogP contribution in [0.3, 0.4) is 0 Å². The Kier molecular flexibility index (Phi) is 13.3. The van der Waals surface area contributed by atoms with Crippen molar-refractivity contribution in [3.63, 3.8) is 0 Å². The number of rotatable bonds is 7. The van der Waals surface area contributed by atoms with Crippen LogP contribution in [0.4, 0.5) is 4.39 Å². The number of nitrogens with one attached hydrogen (secondary N) is 1. The molecule has 0 aliphatic heterocycles. The molecule has 2 aromatic carbocycles. The van der Waals surface area contributed by atoms with Gasteiger partial charge in [-0.15, -0.1) is 0 Å². The fraction of sp³-hybridized carbons (Fsp3) is 0.484. The Morgan fingerprint density at radius 3 is 2.42 bits per heavy atom. The molecule has 7 heteroatoms. The van der Waals surface area contributed by atoms with E-state index in [1.807, 2.05) is 13.1 Å².